The molecule has 1 aliphatic carbocycles. The van der Waals surface area contributed by atoms with E-state index in [4.69, 9.17) is 5.73 Å². The van der Waals surface area contributed by atoms with E-state index in [1.807, 2.05) is 0 Å². The maximum Gasteiger partial charge on any atom is 0.0110 e. The van der Waals surface area contributed by atoms with Crippen LogP contribution in [-0.4, -0.2) is 9.97 Å². The lowest BCUT2D eigenvalue weighted by Gasteiger charge is -2.24. The smallest absolute Gasteiger partial charge is 0.0110 e. The van der Waals surface area contributed by atoms with Gasteiger partial charge in [-0.15, -0.1) is 0 Å². The Balaban J connectivity index is 2.34. The number of rotatable bonds is 1. The van der Waals surface area contributed by atoms with Gasteiger partial charge in [-0.25, -0.2) is 0 Å². The van der Waals surface area contributed by atoms with Gasteiger partial charge in [0.05, 0.1) is 0 Å². The molecule has 12 heavy (non-hydrogen) atoms. The SMILES string of the molecule is CC(I)C1CCCCC(N)CC1. The van der Waals surface area contributed by atoms with Crippen LogP contribution >= 0.6 is 22.6 Å². The predicted molar refractivity (Wildman–Crippen MR) is 62.6 cm³/mol. The van der Waals surface area contributed by atoms with Gasteiger partial charge in [0.1, 0.15) is 0 Å². The molecule has 0 aromatic carbocycles. The van der Waals surface area contributed by atoms with Gasteiger partial charge in [-0.2, -0.15) is 0 Å². The first-order chi connectivity index (χ1) is 5.70. The molecule has 0 saturated heterocycles. The molecule has 0 aliphatic heterocycles. The second-order valence-electron chi connectivity index (χ2n) is 4.06. The van der Waals surface area contributed by atoms with Crippen LogP contribution in [0.5, 0.6) is 0 Å². The minimum atomic E-state index is 0.489. The fourth-order valence-electron chi connectivity index (χ4n) is 1.99. The molecule has 1 saturated carbocycles. The van der Waals surface area contributed by atoms with Gasteiger partial charge in [0, 0.05) is 9.97 Å². The summed E-state index contributed by atoms with van der Waals surface area (Å²) in [6.45, 7) is 2.33. The Labute approximate surface area is 89.6 Å². The van der Waals surface area contributed by atoms with Crippen molar-refractivity contribution in [1.29, 1.82) is 0 Å². The topological polar surface area (TPSA) is 26.0 Å². The predicted octanol–water partition coefficient (Wildman–Crippen LogP) is 3.11. The minimum absolute atomic E-state index is 0.489. The van der Waals surface area contributed by atoms with Gasteiger partial charge in [0.15, 0.2) is 0 Å². The Hall–Kier alpha value is 0.690. The first-order valence-corrected chi connectivity index (χ1v) is 6.34. The van der Waals surface area contributed by atoms with E-state index in [0.29, 0.717) is 6.04 Å². The molecule has 0 aromatic heterocycles. The average Bonchev–Trinajstić information content (AvgIpc) is 1.97. The molecule has 1 rings (SSSR count). The van der Waals surface area contributed by atoms with Crippen LogP contribution in [0, 0.1) is 5.92 Å². The number of halogens is 1. The second-order valence-corrected chi connectivity index (χ2v) is 6.02. The summed E-state index contributed by atoms with van der Waals surface area (Å²) in [7, 11) is 0. The molecule has 0 bridgehead atoms. The molecule has 0 spiro atoms. The van der Waals surface area contributed by atoms with Crippen LogP contribution in [-0.2, 0) is 0 Å². The van der Waals surface area contributed by atoms with Gasteiger partial charge >= 0.3 is 0 Å². The summed E-state index contributed by atoms with van der Waals surface area (Å²) in [6.07, 6.45) is 8.02. The molecule has 2 N–H and O–H groups in total. The lowest BCUT2D eigenvalue weighted by atomic mass is 9.88. The van der Waals surface area contributed by atoms with Crippen LogP contribution in [0.1, 0.15) is 45.4 Å². The summed E-state index contributed by atoms with van der Waals surface area (Å²) >= 11 is 2.56. The molecule has 1 fully saturated rings. The third-order valence-electron chi connectivity index (χ3n) is 2.96. The summed E-state index contributed by atoms with van der Waals surface area (Å²) in [5.41, 5.74) is 5.96. The Morgan fingerprint density at radius 3 is 2.50 bits per heavy atom. The Bertz CT molecular complexity index is 125. The van der Waals surface area contributed by atoms with E-state index < -0.39 is 0 Å². The van der Waals surface area contributed by atoms with Crippen molar-refractivity contribution >= 4 is 22.6 Å². The first kappa shape index (κ1) is 10.8. The number of hydrogen-bond acceptors (Lipinski definition) is 1. The van der Waals surface area contributed by atoms with Crippen LogP contribution in [0.15, 0.2) is 0 Å². The van der Waals surface area contributed by atoms with Crippen molar-refractivity contribution < 1.29 is 0 Å². The molecule has 3 atom stereocenters. The quantitative estimate of drug-likeness (QED) is 0.580. The average molecular weight is 281 g/mol. The number of nitrogens with two attached hydrogens (primary N) is 1. The highest BCUT2D eigenvalue weighted by atomic mass is 127. The molecule has 0 heterocycles. The highest BCUT2D eigenvalue weighted by Gasteiger charge is 2.18. The monoisotopic (exact) mass is 281 g/mol. The van der Waals surface area contributed by atoms with E-state index in [2.05, 4.69) is 29.5 Å². The molecule has 1 nitrogen and oxygen atoms in total. The van der Waals surface area contributed by atoms with Gasteiger partial charge in [-0.05, 0) is 31.6 Å². The van der Waals surface area contributed by atoms with Crippen molar-refractivity contribution in [3.63, 3.8) is 0 Å². The molecule has 0 amide bonds. The van der Waals surface area contributed by atoms with Crippen molar-refractivity contribution in [1.82, 2.24) is 0 Å². The normalized spacial score (nSPS) is 35.2. The molecule has 72 valence electrons. The van der Waals surface area contributed by atoms with Gasteiger partial charge in [-0.3, -0.25) is 0 Å². The fraction of sp³-hybridized carbons (Fsp3) is 1.00. The first-order valence-electron chi connectivity index (χ1n) is 5.10. The van der Waals surface area contributed by atoms with E-state index in [1.54, 1.807) is 0 Å². The Morgan fingerprint density at radius 1 is 1.17 bits per heavy atom. The maximum absolute atomic E-state index is 5.96. The zero-order valence-corrected chi connectivity index (χ0v) is 10.1. The van der Waals surface area contributed by atoms with Gasteiger partial charge in [-0.1, -0.05) is 42.4 Å². The minimum Gasteiger partial charge on any atom is -0.328 e. The third-order valence-corrected chi connectivity index (χ3v) is 3.97. The van der Waals surface area contributed by atoms with E-state index in [9.17, 15) is 0 Å². The largest absolute Gasteiger partial charge is 0.328 e. The summed E-state index contributed by atoms with van der Waals surface area (Å²) in [5, 5.41) is 0. The number of hydrogen-bond donors (Lipinski definition) is 1. The molecule has 0 radical (unpaired) electrons. The highest BCUT2D eigenvalue weighted by Crippen LogP contribution is 2.27. The standard InChI is InChI=1S/C10H20IN/c1-8(11)9-4-2-3-5-10(12)7-6-9/h8-10H,2-7,12H2,1H3. The lowest BCUT2D eigenvalue weighted by Crippen LogP contribution is -2.24. The van der Waals surface area contributed by atoms with Crippen molar-refractivity contribution in [3.8, 4) is 0 Å². The van der Waals surface area contributed by atoms with Gasteiger partial charge < -0.3 is 5.73 Å². The van der Waals surface area contributed by atoms with Crippen LogP contribution in [0.2, 0.25) is 0 Å². The van der Waals surface area contributed by atoms with Crippen LogP contribution in [0.3, 0.4) is 0 Å². The molecule has 1 aliphatic rings. The van der Waals surface area contributed by atoms with Gasteiger partial charge in [0.25, 0.3) is 0 Å². The van der Waals surface area contributed by atoms with E-state index in [-0.39, 0.29) is 0 Å². The highest BCUT2D eigenvalue weighted by molar-refractivity contribution is 14.1. The van der Waals surface area contributed by atoms with Crippen molar-refractivity contribution in [2.24, 2.45) is 11.7 Å². The maximum atomic E-state index is 5.96. The van der Waals surface area contributed by atoms with Crippen LogP contribution in [0.25, 0.3) is 0 Å². The van der Waals surface area contributed by atoms with E-state index >= 15 is 0 Å². The molecule has 3 unspecified atom stereocenters. The third kappa shape index (κ3) is 3.60. The Morgan fingerprint density at radius 2 is 1.83 bits per heavy atom. The summed E-state index contributed by atoms with van der Waals surface area (Å²) in [5.74, 6) is 0.928. The second kappa shape index (κ2) is 5.43. The lowest BCUT2D eigenvalue weighted by molar-refractivity contribution is 0.359. The summed E-state index contributed by atoms with van der Waals surface area (Å²) in [6, 6.07) is 0.489. The summed E-state index contributed by atoms with van der Waals surface area (Å²) < 4.78 is 0.827. The zero-order chi connectivity index (χ0) is 8.97. The van der Waals surface area contributed by atoms with Crippen LogP contribution in [0.4, 0.5) is 0 Å². The summed E-state index contributed by atoms with van der Waals surface area (Å²) in [4.78, 5) is 0. The zero-order valence-electron chi connectivity index (χ0n) is 7.93. The van der Waals surface area contributed by atoms with Crippen molar-refractivity contribution in [2.45, 2.75) is 55.4 Å². The van der Waals surface area contributed by atoms with Crippen LogP contribution < -0.4 is 5.73 Å². The molecular formula is C10H20IN. The molecule has 2 heteroatoms. The number of alkyl halides is 1. The Kier molecular flexibility index (Phi) is 4.87. The molecular weight excluding hydrogens is 261 g/mol. The van der Waals surface area contributed by atoms with Gasteiger partial charge in [0.2, 0.25) is 0 Å². The van der Waals surface area contributed by atoms with Crippen molar-refractivity contribution in [2.75, 3.05) is 0 Å². The molecule has 0 aromatic rings. The van der Waals surface area contributed by atoms with E-state index in [0.717, 1.165) is 9.84 Å². The van der Waals surface area contributed by atoms with Crippen molar-refractivity contribution in [3.05, 3.63) is 0 Å². The van der Waals surface area contributed by atoms with E-state index in [1.165, 1.54) is 38.5 Å². The fourth-order valence-corrected chi connectivity index (χ4v) is 2.71.